The zero-order valence-corrected chi connectivity index (χ0v) is 9.24. The number of carboxylic acid groups (broad SMARTS) is 1. The maximum absolute atomic E-state index is 13.6. The Bertz CT molecular complexity index is 414. The highest BCUT2D eigenvalue weighted by atomic mass is 19.1. The molecule has 0 amide bonds. The molecule has 0 spiro atoms. The number of benzene rings is 1. The van der Waals surface area contributed by atoms with E-state index in [4.69, 9.17) is 5.11 Å². The van der Waals surface area contributed by atoms with Crippen LogP contribution in [0, 0.1) is 17.7 Å². The minimum Gasteiger partial charge on any atom is -0.481 e. The minimum atomic E-state index is -0.787. The van der Waals surface area contributed by atoms with Crippen LogP contribution in [0.25, 0.3) is 0 Å². The van der Waals surface area contributed by atoms with Gasteiger partial charge in [-0.15, -0.1) is 0 Å². The van der Waals surface area contributed by atoms with Crippen LogP contribution < -0.4 is 0 Å². The molecule has 1 aliphatic rings. The number of carbonyl (C=O) groups is 1. The van der Waals surface area contributed by atoms with Crippen molar-refractivity contribution in [2.45, 2.75) is 26.2 Å². The van der Waals surface area contributed by atoms with E-state index >= 15 is 0 Å². The first-order valence-electron chi connectivity index (χ1n) is 5.58. The number of hydrogen-bond donors (Lipinski definition) is 1. The van der Waals surface area contributed by atoms with Crippen LogP contribution in [0.1, 0.15) is 24.5 Å². The van der Waals surface area contributed by atoms with Crippen molar-refractivity contribution >= 4 is 5.97 Å². The Labute approximate surface area is 94.1 Å². The third kappa shape index (κ3) is 1.94. The topological polar surface area (TPSA) is 37.3 Å². The van der Waals surface area contributed by atoms with Gasteiger partial charge in [0.25, 0.3) is 0 Å². The number of rotatable bonds is 2. The molecule has 1 N–H and O–H groups in total. The van der Waals surface area contributed by atoms with Gasteiger partial charge in [0, 0.05) is 0 Å². The summed E-state index contributed by atoms with van der Waals surface area (Å²) >= 11 is 0. The third-order valence-electron chi connectivity index (χ3n) is 3.56. The van der Waals surface area contributed by atoms with E-state index in [9.17, 15) is 9.18 Å². The predicted molar refractivity (Wildman–Crippen MR) is 58.7 cm³/mol. The van der Waals surface area contributed by atoms with Crippen molar-refractivity contribution in [3.8, 4) is 0 Å². The molecule has 2 nitrogen and oxygen atoms in total. The normalized spacial score (nSPS) is 21.2. The molecule has 0 fully saturated rings. The summed E-state index contributed by atoms with van der Waals surface area (Å²) in [6.07, 6.45) is 2.18. The maximum Gasteiger partial charge on any atom is 0.306 e. The summed E-state index contributed by atoms with van der Waals surface area (Å²) in [5.41, 5.74) is 1.75. The molecule has 0 aromatic heterocycles. The van der Waals surface area contributed by atoms with E-state index in [1.54, 1.807) is 13.0 Å². The molecular formula is C13H15FO2. The average molecular weight is 222 g/mol. The Hall–Kier alpha value is -1.38. The first-order chi connectivity index (χ1) is 7.59. The lowest BCUT2D eigenvalue weighted by atomic mass is 9.77. The summed E-state index contributed by atoms with van der Waals surface area (Å²) in [6, 6.07) is 5.10. The van der Waals surface area contributed by atoms with Gasteiger partial charge in [-0.25, -0.2) is 4.39 Å². The minimum absolute atomic E-state index is 0.0573. The Morgan fingerprint density at radius 1 is 1.56 bits per heavy atom. The lowest BCUT2D eigenvalue weighted by Gasteiger charge is -2.27. The standard InChI is InChI=1S/C13H15FO2/c1-8(13(15)16)10-6-5-9-3-2-4-12(14)11(9)7-10/h2-4,8,10H,5-7H2,1H3,(H,15,16). The van der Waals surface area contributed by atoms with Crippen LogP contribution in [-0.4, -0.2) is 11.1 Å². The highest BCUT2D eigenvalue weighted by molar-refractivity contribution is 5.70. The molecule has 1 aliphatic carbocycles. The molecule has 0 saturated carbocycles. The van der Waals surface area contributed by atoms with Crippen LogP contribution in [0.5, 0.6) is 0 Å². The molecule has 16 heavy (non-hydrogen) atoms. The van der Waals surface area contributed by atoms with Gasteiger partial charge >= 0.3 is 5.97 Å². The van der Waals surface area contributed by atoms with Gasteiger partial charge in [0.15, 0.2) is 0 Å². The summed E-state index contributed by atoms with van der Waals surface area (Å²) in [6.45, 7) is 1.71. The van der Waals surface area contributed by atoms with E-state index in [1.807, 2.05) is 6.07 Å². The summed E-state index contributed by atoms with van der Waals surface area (Å²) in [5.74, 6) is -1.32. The van der Waals surface area contributed by atoms with Gasteiger partial charge in [-0.1, -0.05) is 19.1 Å². The van der Waals surface area contributed by atoms with Gasteiger partial charge in [-0.2, -0.15) is 0 Å². The second-order valence-electron chi connectivity index (χ2n) is 4.51. The van der Waals surface area contributed by atoms with Crippen LogP contribution in [-0.2, 0) is 17.6 Å². The van der Waals surface area contributed by atoms with Crippen molar-refractivity contribution in [1.82, 2.24) is 0 Å². The van der Waals surface area contributed by atoms with E-state index in [2.05, 4.69) is 0 Å². The van der Waals surface area contributed by atoms with Gasteiger partial charge in [0.2, 0.25) is 0 Å². The Morgan fingerprint density at radius 3 is 3.00 bits per heavy atom. The summed E-state index contributed by atoms with van der Waals surface area (Å²) in [4.78, 5) is 10.9. The van der Waals surface area contributed by atoms with Gasteiger partial charge in [-0.3, -0.25) is 4.79 Å². The summed E-state index contributed by atoms with van der Waals surface area (Å²) in [7, 11) is 0. The van der Waals surface area contributed by atoms with Gasteiger partial charge < -0.3 is 5.11 Å². The number of carboxylic acids is 1. The van der Waals surface area contributed by atoms with E-state index < -0.39 is 11.9 Å². The van der Waals surface area contributed by atoms with Gasteiger partial charge in [0.05, 0.1) is 5.92 Å². The molecule has 0 radical (unpaired) electrons. The number of hydrogen-bond acceptors (Lipinski definition) is 1. The highest BCUT2D eigenvalue weighted by Crippen LogP contribution is 2.31. The molecule has 2 atom stereocenters. The van der Waals surface area contributed by atoms with E-state index in [-0.39, 0.29) is 11.7 Å². The summed E-state index contributed by atoms with van der Waals surface area (Å²) in [5, 5.41) is 8.96. The fourth-order valence-electron chi connectivity index (χ4n) is 2.40. The number of halogens is 1. The molecule has 1 aromatic carbocycles. The maximum atomic E-state index is 13.6. The largest absolute Gasteiger partial charge is 0.481 e. The second kappa shape index (κ2) is 4.24. The number of fused-ring (bicyclic) bond motifs is 1. The van der Waals surface area contributed by atoms with Crippen LogP contribution in [0.4, 0.5) is 4.39 Å². The molecule has 0 aliphatic heterocycles. The first-order valence-corrected chi connectivity index (χ1v) is 5.58. The van der Waals surface area contributed by atoms with Crippen LogP contribution >= 0.6 is 0 Å². The van der Waals surface area contributed by atoms with Crippen LogP contribution in [0.15, 0.2) is 18.2 Å². The van der Waals surface area contributed by atoms with Crippen molar-refractivity contribution in [3.05, 3.63) is 35.1 Å². The molecule has 1 aromatic rings. The zero-order chi connectivity index (χ0) is 11.7. The van der Waals surface area contributed by atoms with Crippen LogP contribution in [0.2, 0.25) is 0 Å². The van der Waals surface area contributed by atoms with E-state index in [0.29, 0.717) is 12.0 Å². The fraction of sp³-hybridized carbons (Fsp3) is 0.462. The second-order valence-corrected chi connectivity index (χ2v) is 4.51. The van der Waals surface area contributed by atoms with E-state index in [1.165, 1.54) is 6.07 Å². The molecule has 3 heteroatoms. The lowest BCUT2D eigenvalue weighted by molar-refractivity contribution is -0.143. The van der Waals surface area contributed by atoms with Crippen molar-refractivity contribution in [2.75, 3.05) is 0 Å². The quantitative estimate of drug-likeness (QED) is 0.835. The van der Waals surface area contributed by atoms with E-state index in [0.717, 1.165) is 18.4 Å². The highest BCUT2D eigenvalue weighted by Gasteiger charge is 2.28. The number of aryl methyl sites for hydroxylation is 1. The SMILES string of the molecule is CC(C(=O)O)C1CCc2cccc(F)c2C1. The Morgan fingerprint density at radius 2 is 2.31 bits per heavy atom. The molecular weight excluding hydrogens is 207 g/mol. The number of aliphatic carboxylic acids is 1. The van der Waals surface area contributed by atoms with Crippen molar-refractivity contribution in [1.29, 1.82) is 0 Å². The molecule has 0 bridgehead atoms. The molecule has 86 valence electrons. The Balaban J connectivity index is 2.23. The third-order valence-corrected chi connectivity index (χ3v) is 3.56. The first kappa shape index (κ1) is 11.1. The summed E-state index contributed by atoms with van der Waals surface area (Å²) < 4.78 is 13.6. The monoisotopic (exact) mass is 222 g/mol. The average Bonchev–Trinajstić information content (AvgIpc) is 2.28. The molecule has 2 unspecified atom stereocenters. The Kier molecular flexibility index (Phi) is 2.95. The lowest BCUT2D eigenvalue weighted by Crippen LogP contribution is -2.26. The molecule has 0 saturated heterocycles. The predicted octanol–water partition coefficient (Wildman–Crippen LogP) is 2.65. The fourth-order valence-corrected chi connectivity index (χ4v) is 2.40. The van der Waals surface area contributed by atoms with Gasteiger partial charge in [0.1, 0.15) is 5.82 Å². The van der Waals surface area contributed by atoms with Crippen molar-refractivity contribution in [2.24, 2.45) is 11.8 Å². The molecule has 2 rings (SSSR count). The van der Waals surface area contributed by atoms with Crippen molar-refractivity contribution in [3.63, 3.8) is 0 Å². The van der Waals surface area contributed by atoms with Gasteiger partial charge in [-0.05, 0) is 42.4 Å². The molecule has 0 heterocycles. The van der Waals surface area contributed by atoms with Crippen molar-refractivity contribution < 1.29 is 14.3 Å². The van der Waals surface area contributed by atoms with Crippen LogP contribution in [0.3, 0.4) is 0 Å². The zero-order valence-electron chi connectivity index (χ0n) is 9.24. The smallest absolute Gasteiger partial charge is 0.306 e.